The van der Waals surface area contributed by atoms with Crippen LogP contribution in [-0.2, 0) is 4.79 Å². The number of fused-ring (bicyclic) bond motifs is 1. The molecular weight excluding hydrogens is 260 g/mol. The molecule has 0 aliphatic rings. The number of carboxylic acids is 1. The van der Waals surface area contributed by atoms with Crippen molar-refractivity contribution in [3.63, 3.8) is 0 Å². The molecule has 2 heterocycles. The van der Waals surface area contributed by atoms with Gasteiger partial charge >= 0.3 is 5.97 Å². The number of pyridine rings is 1. The lowest BCUT2D eigenvalue weighted by Crippen LogP contribution is -1.85. The van der Waals surface area contributed by atoms with Crippen molar-refractivity contribution >= 4 is 33.6 Å². The molecule has 2 aromatic rings. The van der Waals surface area contributed by atoms with Crippen LogP contribution in [0.2, 0.25) is 0 Å². The minimum Gasteiger partial charge on any atom is -0.478 e. The maximum Gasteiger partial charge on any atom is 0.328 e. The number of halogens is 1. The molecule has 1 N–H and O–H groups in total. The van der Waals surface area contributed by atoms with E-state index in [4.69, 9.17) is 5.11 Å². The van der Waals surface area contributed by atoms with Gasteiger partial charge in [-0.05, 0) is 34.1 Å². The quantitative estimate of drug-likeness (QED) is 0.848. The van der Waals surface area contributed by atoms with Gasteiger partial charge in [-0.3, -0.25) is 0 Å². The van der Waals surface area contributed by atoms with Crippen molar-refractivity contribution in [1.82, 2.24) is 9.38 Å². The van der Waals surface area contributed by atoms with Gasteiger partial charge in [0, 0.05) is 18.5 Å². The van der Waals surface area contributed by atoms with E-state index in [-0.39, 0.29) is 0 Å². The van der Waals surface area contributed by atoms with E-state index in [9.17, 15) is 4.79 Å². The third-order valence-corrected chi connectivity index (χ3v) is 2.47. The van der Waals surface area contributed by atoms with Crippen LogP contribution >= 0.6 is 15.9 Å². The Morgan fingerprint density at radius 1 is 1.60 bits per heavy atom. The lowest BCUT2D eigenvalue weighted by molar-refractivity contribution is -0.131. The van der Waals surface area contributed by atoms with E-state index < -0.39 is 5.97 Å². The van der Waals surface area contributed by atoms with Crippen molar-refractivity contribution in [2.45, 2.75) is 0 Å². The Balaban J connectivity index is 2.48. The van der Waals surface area contributed by atoms with Crippen LogP contribution in [0.15, 0.2) is 35.1 Å². The van der Waals surface area contributed by atoms with Crippen molar-refractivity contribution in [3.05, 3.63) is 40.8 Å². The Bertz CT molecular complexity index is 545. The highest BCUT2D eigenvalue weighted by Crippen LogP contribution is 2.17. The lowest BCUT2D eigenvalue weighted by Gasteiger charge is -1.92. The molecule has 76 valence electrons. The molecule has 0 bridgehead atoms. The normalized spacial score (nSPS) is 11.3. The van der Waals surface area contributed by atoms with Gasteiger partial charge in [-0.15, -0.1) is 0 Å². The summed E-state index contributed by atoms with van der Waals surface area (Å²) in [6, 6.07) is 3.76. The average molecular weight is 267 g/mol. The number of carbonyl (C=O) groups is 1. The molecule has 5 heteroatoms. The molecular formula is C10H7BrN2O2. The summed E-state index contributed by atoms with van der Waals surface area (Å²) in [5, 5.41) is 8.47. The third kappa shape index (κ3) is 2.07. The predicted molar refractivity (Wildman–Crippen MR) is 59.6 cm³/mol. The summed E-state index contributed by atoms with van der Waals surface area (Å²) in [5.41, 5.74) is 1.38. The van der Waals surface area contributed by atoms with E-state index in [0.29, 0.717) is 5.69 Å². The largest absolute Gasteiger partial charge is 0.478 e. The third-order valence-electron chi connectivity index (χ3n) is 1.85. The number of rotatable bonds is 2. The van der Waals surface area contributed by atoms with E-state index in [0.717, 1.165) is 16.2 Å². The molecule has 4 nitrogen and oxygen atoms in total. The van der Waals surface area contributed by atoms with Crippen molar-refractivity contribution in [3.8, 4) is 0 Å². The van der Waals surface area contributed by atoms with Crippen LogP contribution in [0.5, 0.6) is 0 Å². The summed E-state index contributed by atoms with van der Waals surface area (Å²) in [7, 11) is 0. The fourth-order valence-electron chi connectivity index (χ4n) is 1.23. The van der Waals surface area contributed by atoms with E-state index in [1.54, 1.807) is 6.20 Å². The molecule has 0 fully saturated rings. The van der Waals surface area contributed by atoms with Crippen LogP contribution in [0.3, 0.4) is 0 Å². The Labute approximate surface area is 94.0 Å². The molecule has 0 spiro atoms. The second-order valence-corrected chi connectivity index (χ2v) is 3.78. The van der Waals surface area contributed by atoms with Gasteiger partial charge < -0.3 is 9.51 Å². The highest BCUT2D eigenvalue weighted by molar-refractivity contribution is 9.10. The molecule has 0 amide bonds. The molecule has 0 saturated carbocycles. The number of imidazole rings is 1. The summed E-state index contributed by atoms with van der Waals surface area (Å²) in [6.45, 7) is 0. The van der Waals surface area contributed by atoms with Crippen molar-refractivity contribution < 1.29 is 9.90 Å². The van der Waals surface area contributed by atoms with Crippen LogP contribution in [-0.4, -0.2) is 20.5 Å². The Hall–Kier alpha value is -1.62. The first-order valence-corrected chi connectivity index (χ1v) is 5.00. The van der Waals surface area contributed by atoms with Crippen molar-refractivity contribution in [1.29, 1.82) is 0 Å². The van der Waals surface area contributed by atoms with E-state index in [1.807, 2.05) is 22.7 Å². The van der Waals surface area contributed by atoms with Gasteiger partial charge in [-0.1, -0.05) is 0 Å². The van der Waals surface area contributed by atoms with Gasteiger partial charge in [0.2, 0.25) is 0 Å². The Morgan fingerprint density at radius 3 is 3.07 bits per heavy atom. The Morgan fingerprint density at radius 2 is 2.40 bits per heavy atom. The first kappa shape index (κ1) is 9.92. The minimum atomic E-state index is -0.980. The summed E-state index contributed by atoms with van der Waals surface area (Å²) in [4.78, 5) is 14.6. The molecule has 0 aliphatic heterocycles. The first-order chi connectivity index (χ1) is 7.16. The maximum absolute atomic E-state index is 10.3. The molecule has 2 aromatic heterocycles. The van der Waals surface area contributed by atoms with Crippen molar-refractivity contribution in [2.24, 2.45) is 0 Å². The number of aromatic nitrogens is 2. The summed E-state index contributed by atoms with van der Waals surface area (Å²) in [5.74, 6) is -0.980. The molecule has 0 saturated heterocycles. The SMILES string of the molecule is O=C(O)/C=C/c1cn2cccc(Br)c2n1. The van der Waals surface area contributed by atoms with Crippen LogP contribution in [0.4, 0.5) is 0 Å². The van der Waals surface area contributed by atoms with Crippen LogP contribution in [0.1, 0.15) is 5.69 Å². The summed E-state index contributed by atoms with van der Waals surface area (Å²) >= 11 is 3.37. The number of nitrogens with zero attached hydrogens (tertiary/aromatic N) is 2. The van der Waals surface area contributed by atoms with Crippen LogP contribution in [0.25, 0.3) is 11.7 Å². The zero-order chi connectivity index (χ0) is 10.8. The standard InChI is InChI=1S/C10H7BrN2O2/c11-8-2-1-5-13-6-7(12-10(8)13)3-4-9(14)15/h1-6H,(H,14,15)/b4-3+. The van der Waals surface area contributed by atoms with Gasteiger partial charge in [0.25, 0.3) is 0 Å². The van der Waals surface area contributed by atoms with E-state index >= 15 is 0 Å². The molecule has 2 rings (SSSR count). The molecule has 0 aromatic carbocycles. The second kappa shape index (κ2) is 3.86. The van der Waals surface area contributed by atoms with Gasteiger partial charge in [-0.25, -0.2) is 9.78 Å². The molecule has 0 radical (unpaired) electrons. The molecule has 0 aliphatic carbocycles. The van der Waals surface area contributed by atoms with E-state index in [2.05, 4.69) is 20.9 Å². The summed E-state index contributed by atoms with van der Waals surface area (Å²) < 4.78 is 2.70. The van der Waals surface area contributed by atoms with Gasteiger partial charge in [0.05, 0.1) is 10.2 Å². The number of aliphatic carboxylic acids is 1. The lowest BCUT2D eigenvalue weighted by atomic mass is 10.4. The highest BCUT2D eigenvalue weighted by atomic mass is 79.9. The smallest absolute Gasteiger partial charge is 0.328 e. The summed E-state index contributed by atoms with van der Waals surface area (Å²) in [6.07, 6.45) is 6.14. The van der Waals surface area contributed by atoms with Gasteiger partial charge in [-0.2, -0.15) is 0 Å². The zero-order valence-electron chi connectivity index (χ0n) is 7.59. The van der Waals surface area contributed by atoms with E-state index in [1.165, 1.54) is 6.08 Å². The predicted octanol–water partition coefficient (Wildman–Crippen LogP) is 2.19. The monoisotopic (exact) mass is 266 g/mol. The molecule has 0 atom stereocenters. The maximum atomic E-state index is 10.3. The van der Waals surface area contributed by atoms with Crippen LogP contribution in [0, 0.1) is 0 Å². The molecule has 0 unspecified atom stereocenters. The topological polar surface area (TPSA) is 54.6 Å². The average Bonchev–Trinajstić information content (AvgIpc) is 2.59. The Kier molecular flexibility index (Phi) is 2.55. The van der Waals surface area contributed by atoms with Crippen LogP contribution < -0.4 is 0 Å². The zero-order valence-corrected chi connectivity index (χ0v) is 9.18. The molecule has 15 heavy (non-hydrogen) atoms. The van der Waals surface area contributed by atoms with Crippen molar-refractivity contribution in [2.75, 3.05) is 0 Å². The fourth-order valence-corrected chi connectivity index (χ4v) is 1.68. The first-order valence-electron chi connectivity index (χ1n) is 4.21. The number of hydrogen-bond acceptors (Lipinski definition) is 2. The fraction of sp³-hybridized carbons (Fsp3) is 0. The number of hydrogen-bond donors (Lipinski definition) is 1. The minimum absolute atomic E-state index is 0.615. The highest BCUT2D eigenvalue weighted by Gasteiger charge is 2.01. The number of carboxylic acid groups (broad SMARTS) is 1. The second-order valence-electron chi connectivity index (χ2n) is 2.92. The van der Waals surface area contributed by atoms with Gasteiger partial charge in [0.1, 0.15) is 0 Å². The van der Waals surface area contributed by atoms with Gasteiger partial charge in [0.15, 0.2) is 5.65 Å².